The van der Waals surface area contributed by atoms with E-state index in [0.717, 1.165) is 13.1 Å². The number of rotatable bonds is 5. The van der Waals surface area contributed by atoms with Crippen molar-refractivity contribution in [2.75, 3.05) is 13.6 Å². The summed E-state index contributed by atoms with van der Waals surface area (Å²) >= 11 is 1.76. The lowest BCUT2D eigenvalue weighted by atomic mass is 9.88. The third kappa shape index (κ3) is 3.76. The Morgan fingerprint density at radius 3 is 2.67 bits per heavy atom. The normalized spacial score (nSPS) is 12.1. The van der Waals surface area contributed by atoms with Crippen LogP contribution in [0.5, 0.6) is 0 Å². The summed E-state index contributed by atoms with van der Waals surface area (Å²) in [7, 11) is 2.06. The SMILES string of the molecule is CC(=O)C(C)(C)CN(C)Cc1cccs1. The Morgan fingerprint density at radius 1 is 1.53 bits per heavy atom. The molecule has 0 amide bonds. The van der Waals surface area contributed by atoms with Gasteiger partial charge in [0.15, 0.2) is 0 Å². The van der Waals surface area contributed by atoms with Crippen LogP contribution in [-0.4, -0.2) is 24.3 Å². The van der Waals surface area contributed by atoms with E-state index in [9.17, 15) is 4.79 Å². The summed E-state index contributed by atoms with van der Waals surface area (Å²) in [5.41, 5.74) is -0.244. The van der Waals surface area contributed by atoms with Crippen molar-refractivity contribution in [1.82, 2.24) is 4.90 Å². The van der Waals surface area contributed by atoms with Gasteiger partial charge in [0, 0.05) is 23.4 Å². The average molecular weight is 225 g/mol. The summed E-state index contributed by atoms with van der Waals surface area (Å²) in [6.07, 6.45) is 0. The molecule has 1 heterocycles. The molecule has 3 heteroatoms. The van der Waals surface area contributed by atoms with Gasteiger partial charge in [0.05, 0.1) is 0 Å². The van der Waals surface area contributed by atoms with E-state index in [1.54, 1.807) is 18.3 Å². The van der Waals surface area contributed by atoms with Crippen LogP contribution in [-0.2, 0) is 11.3 Å². The Balaban J connectivity index is 2.49. The minimum absolute atomic E-state index is 0.244. The van der Waals surface area contributed by atoms with Gasteiger partial charge in [0.2, 0.25) is 0 Å². The van der Waals surface area contributed by atoms with Gasteiger partial charge in [-0.25, -0.2) is 0 Å². The molecule has 0 aromatic carbocycles. The molecule has 0 unspecified atom stereocenters. The van der Waals surface area contributed by atoms with Crippen LogP contribution in [0.15, 0.2) is 17.5 Å². The zero-order chi connectivity index (χ0) is 11.5. The Bertz CT molecular complexity index is 316. The van der Waals surface area contributed by atoms with Crippen LogP contribution in [0.1, 0.15) is 25.6 Å². The zero-order valence-electron chi connectivity index (χ0n) is 9.91. The minimum Gasteiger partial charge on any atom is -0.300 e. The molecule has 84 valence electrons. The molecule has 0 aliphatic carbocycles. The van der Waals surface area contributed by atoms with Gasteiger partial charge in [-0.05, 0) is 25.4 Å². The number of carbonyl (C=O) groups excluding carboxylic acids is 1. The van der Waals surface area contributed by atoms with Gasteiger partial charge in [0.1, 0.15) is 5.78 Å². The van der Waals surface area contributed by atoms with Crippen molar-refractivity contribution in [3.63, 3.8) is 0 Å². The maximum absolute atomic E-state index is 11.4. The molecule has 0 N–H and O–H groups in total. The number of Topliss-reactive ketones (excluding diaryl/α,β-unsaturated/α-hetero) is 1. The number of ketones is 1. The molecule has 0 bridgehead atoms. The Morgan fingerprint density at radius 2 is 2.20 bits per heavy atom. The fourth-order valence-electron chi connectivity index (χ4n) is 1.51. The standard InChI is InChI=1S/C12H19NOS/c1-10(14)12(2,3)9-13(4)8-11-6-5-7-15-11/h5-7H,8-9H2,1-4H3. The highest BCUT2D eigenvalue weighted by Crippen LogP contribution is 2.19. The summed E-state index contributed by atoms with van der Waals surface area (Å²) in [4.78, 5) is 14.9. The van der Waals surface area contributed by atoms with Gasteiger partial charge in [-0.2, -0.15) is 0 Å². The summed E-state index contributed by atoms with van der Waals surface area (Å²) in [5.74, 6) is 0.250. The van der Waals surface area contributed by atoms with Gasteiger partial charge in [-0.1, -0.05) is 19.9 Å². The van der Waals surface area contributed by atoms with Crippen LogP contribution < -0.4 is 0 Å². The number of thiophene rings is 1. The highest BCUT2D eigenvalue weighted by atomic mass is 32.1. The first-order valence-electron chi connectivity index (χ1n) is 5.14. The van der Waals surface area contributed by atoms with Crippen LogP contribution in [0.25, 0.3) is 0 Å². The molecule has 1 rings (SSSR count). The molecule has 1 aromatic rings. The van der Waals surface area contributed by atoms with Gasteiger partial charge in [-0.3, -0.25) is 4.79 Å². The van der Waals surface area contributed by atoms with Crippen molar-refractivity contribution >= 4 is 17.1 Å². The molecule has 0 aliphatic heterocycles. The topological polar surface area (TPSA) is 20.3 Å². The van der Waals surface area contributed by atoms with Crippen LogP contribution >= 0.6 is 11.3 Å². The van der Waals surface area contributed by atoms with E-state index in [2.05, 4.69) is 29.5 Å². The molecule has 2 nitrogen and oxygen atoms in total. The van der Waals surface area contributed by atoms with Crippen molar-refractivity contribution in [3.05, 3.63) is 22.4 Å². The molecule has 1 aromatic heterocycles. The maximum atomic E-state index is 11.4. The summed E-state index contributed by atoms with van der Waals surface area (Å²) in [6, 6.07) is 4.19. The maximum Gasteiger partial charge on any atom is 0.136 e. The Hall–Kier alpha value is -0.670. The molecule has 0 saturated heterocycles. The van der Waals surface area contributed by atoms with E-state index < -0.39 is 0 Å². The van der Waals surface area contributed by atoms with Crippen molar-refractivity contribution in [2.24, 2.45) is 5.41 Å². The summed E-state index contributed by atoms with van der Waals surface area (Å²) in [6.45, 7) is 7.40. The van der Waals surface area contributed by atoms with Crippen LogP contribution in [0.2, 0.25) is 0 Å². The number of nitrogens with zero attached hydrogens (tertiary/aromatic N) is 1. The lowest BCUT2D eigenvalue weighted by Gasteiger charge is -2.27. The molecule has 0 atom stereocenters. The van der Waals surface area contributed by atoms with Crippen molar-refractivity contribution in [2.45, 2.75) is 27.3 Å². The third-order valence-electron chi connectivity index (χ3n) is 2.62. The largest absolute Gasteiger partial charge is 0.300 e. The van der Waals surface area contributed by atoms with Crippen molar-refractivity contribution in [3.8, 4) is 0 Å². The quantitative estimate of drug-likeness (QED) is 0.768. The number of hydrogen-bond donors (Lipinski definition) is 0. The molecule has 0 aliphatic rings. The Kier molecular flexibility index (Phi) is 4.05. The summed E-state index contributed by atoms with van der Waals surface area (Å²) < 4.78 is 0. The second kappa shape index (κ2) is 4.90. The van der Waals surface area contributed by atoms with Gasteiger partial charge < -0.3 is 4.90 Å². The molecule has 0 fully saturated rings. The number of hydrogen-bond acceptors (Lipinski definition) is 3. The van der Waals surface area contributed by atoms with E-state index in [1.165, 1.54) is 4.88 Å². The fourth-order valence-corrected chi connectivity index (χ4v) is 2.29. The molecule has 0 saturated carbocycles. The van der Waals surface area contributed by atoms with E-state index in [4.69, 9.17) is 0 Å². The average Bonchev–Trinajstić information content (AvgIpc) is 2.54. The van der Waals surface area contributed by atoms with Crippen LogP contribution in [0, 0.1) is 5.41 Å². The lowest BCUT2D eigenvalue weighted by Crippen LogP contribution is -2.35. The van der Waals surface area contributed by atoms with Gasteiger partial charge in [-0.15, -0.1) is 11.3 Å². The van der Waals surface area contributed by atoms with Crippen molar-refractivity contribution < 1.29 is 4.79 Å². The molecular weight excluding hydrogens is 206 g/mol. The predicted molar refractivity (Wildman–Crippen MR) is 65.1 cm³/mol. The van der Waals surface area contributed by atoms with Gasteiger partial charge >= 0.3 is 0 Å². The first-order valence-corrected chi connectivity index (χ1v) is 6.02. The third-order valence-corrected chi connectivity index (χ3v) is 3.49. The minimum atomic E-state index is -0.244. The molecule has 0 spiro atoms. The van der Waals surface area contributed by atoms with E-state index in [1.807, 2.05) is 13.8 Å². The fraction of sp³-hybridized carbons (Fsp3) is 0.583. The van der Waals surface area contributed by atoms with E-state index in [-0.39, 0.29) is 11.2 Å². The highest BCUT2D eigenvalue weighted by molar-refractivity contribution is 7.09. The highest BCUT2D eigenvalue weighted by Gasteiger charge is 2.25. The molecule has 0 radical (unpaired) electrons. The Labute approximate surface area is 95.9 Å². The number of carbonyl (C=O) groups is 1. The van der Waals surface area contributed by atoms with Crippen molar-refractivity contribution in [1.29, 1.82) is 0 Å². The first kappa shape index (κ1) is 12.4. The zero-order valence-corrected chi connectivity index (χ0v) is 10.7. The lowest BCUT2D eigenvalue weighted by molar-refractivity contribution is -0.125. The second-order valence-electron chi connectivity index (χ2n) is 4.69. The second-order valence-corrected chi connectivity index (χ2v) is 5.72. The first-order chi connectivity index (χ1) is 6.92. The smallest absolute Gasteiger partial charge is 0.136 e. The van der Waals surface area contributed by atoms with Crippen LogP contribution in [0.4, 0.5) is 0 Å². The van der Waals surface area contributed by atoms with E-state index >= 15 is 0 Å². The van der Waals surface area contributed by atoms with Gasteiger partial charge in [0.25, 0.3) is 0 Å². The molecule has 15 heavy (non-hydrogen) atoms. The van der Waals surface area contributed by atoms with Crippen LogP contribution in [0.3, 0.4) is 0 Å². The molecular formula is C12H19NOS. The summed E-state index contributed by atoms with van der Waals surface area (Å²) in [5, 5.41) is 2.08. The monoisotopic (exact) mass is 225 g/mol. The van der Waals surface area contributed by atoms with E-state index in [0.29, 0.717) is 0 Å². The predicted octanol–water partition coefficient (Wildman–Crippen LogP) is 2.80.